The van der Waals surface area contributed by atoms with Gasteiger partial charge in [0.15, 0.2) is 0 Å². The van der Waals surface area contributed by atoms with Gasteiger partial charge < -0.3 is 10.1 Å². The van der Waals surface area contributed by atoms with Crippen LogP contribution in [0.25, 0.3) is 0 Å². The summed E-state index contributed by atoms with van der Waals surface area (Å²) in [6.45, 7) is 5.31. The summed E-state index contributed by atoms with van der Waals surface area (Å²) in [7, 11) is 1.76. The zero-order chi connectivity index (χ0) is 13.7. The number of thioether (sulfide) groups is 2. The number of hydrogen-bond acceptors (Lipinski definition) is 4. The van der Waals surface area contributed by atoms with Gasteiger partial charge in [-0.3, -0.25) is 0 Å². The Morgan fingerprint density at radius 2 is 2.26 bits per heavy atom. The number of hydrogen-bond donors (Lipinski definition) is 1. The second-order valence-corrected chi connectivity index (χ2v) is 7.26. The standard InChI is InChI=1S/C15H23NOS2/c1-4-16-15(14-10-18-7-8-19-14)12-9-11(2)5-6-13(12)17-3/h5-6,9,14-16H,4,7-8,10H2,1-3H3. The van der Waals surface area contributed by atoms with Gasteiger partial charge in [-0.1, -0.05) is 24.6 Å². The predicted octanol–water partition coefficient (Wildman–Crippen LogP) is 3.50. The lowest BCUT2D eigenvalue weighted by molar-refractivity contribution is 0.399. The van der Waals surface area contributed by atoms with Gasteiger partial charge in [-0.2, -0.15) is 23.5 Å². The van der Waals surface area contributed by atoms with Crippen molar-refractivity contribution in [2.75, 3.05) is 30.9 Å². The van der Waals surface area contributed by atoms with Crippen molar-refractivity contribution in [2.45, 2.75) is 25.1 Å². The summed E-state index contributed by atoms with van der Waals surface area (Å²) in [4.78, 5) is 0. The fourth-order valence-electron chi connectivity index (χ4n) is 2.46. The normalized spacial score (nSPS) is 21.1. The Morgan fingerprint density at radius 1 is 1.42 bits per heavy atom. The highest BCUT2D eigenvalue weighted by atomic mass is 32.2. The van der Waals surface area contributed by atoms with Crippen LogP contribution in [0.4, 0.5) is 0 Å². The van der Waals surface area contributed by atoms with Crippen molar-refractivity contribution >= 4 is 23.5 Å². The number of aryl methyl sites for hydroxylation is 1. The number of rotatable bonds is 5. The number of benzene rings is 1. The predicted molar refractivity (Wildman–Crippen MR) is 87.7 cm³/mol. The number of methoxy groups -OCH3 is 1. The maximum atomic E-state index is 5.56. The van der Waals surface area contributed by atoms with Crippen molar-refractivity contribution in [3.05, 3.63) is 29.3 Å². The van der Waals surface area contributed by atoms with Gasteiger partial charge in [-0.25, -0.2) is 0 Å². The van der Waals surface area contributed by atoms with E-state index in [1.807, 2.05) is 0 Å². The molecule has 1 saturated heterocycles. The van der Waals surface area contributed by atoms with Crippen LogP contribution in [0.3, 0.4) is 0 Å². The lowest BCUT2D eigenvalue weighted by Gasteiger charge is -2.31. The topological polar surface area (TPSA) is 21.3 Å². The van der Waals surface area contributed by atoms with Gasteiger partial charge >= 0.3 is 0 Å². The van der Waals surface area contributed by atoms with Crippen molar-refractivity contribution in [2.24, 2.45) is 0 Å². The Balaban J connectivity index is 2.28. The molecule has 106 valence electrons. The van der Waals surface area contributed by atoms with E-state index < -0.39 is 0 Å². The molecule has 1 aromatic carbocycles. The molecule has 0 aliphatic carbocycles. The highest BCUT2D eigenvalue weighted by molar-refractivity contribution is 8.06. The number of nitrogens with one attached hydrogen (secondary N) is 1. The maximum Gasteiger partial charge on any atom is 0.123 e. The summed E-state index contributed by atoms with van der Waals surface area (Å²) in [6, 6.07) is 6.87. The van der Waals surface area contributed by atoms with Gasteiger partial charge in [-0.05, 0) is 19.5 Å². The molecule has 0 radical (unpaired) electrons. The Kier molecular flexibility index (Phi) is 5.92. The van der Waals surface area contributed by atoms with Gasteiger partial charge in [0.05, 0.1) is 7.11 Å². The first-order chi connectivity index (χ1) is 9.26. The van der Waals surface area contributed by atoms with Gasteiger partial charge in [0.2, 0.25) is 0 Å². The average molecular weight is 297 g/mol. The van der Waals surface area contributed by atoms with Crippen molar-refractivity contribution in [1.29, 1.82) is 0 Å². The van der Waals surface area contributed by atoms with Crippen molar-refractivity contribution in [3.63, 3.8) is 0 Å². The van der Waals surface area contributed by atoms with E-state index in [2.05, 4.69) is 60.9 Å². The summed E-state index contributed by atoms with van der Waals surface area (Å²) in [5.41, 5.74) is 2.61. The SMILES string of the molecule is CCNC(c1cc(C)ccc1OC)C1CSCCS1. The zero-order valence-electron chi connectivity index (χ0n) is 11.9. The van der Waals surface area contributed by atoms with Gasteiger partial charge in [0, 0.05) is 34.1 Å². The van der Waals surface area contributed by atoms with E-state index >= 15 is 0 Å². The summed E-state index contributed by atoms with van der Waals surface area (Å²) in [5, 5.41) is 4.29. The molecular formula is C15H23NOS2. The van der Waals surface area contributed by atoms with Crippen LogP contribution in [-0.2, 0) is 0 Å². The fourth-order valence-corrected chi connectivity index (χ4v) is 5.32. The summed E-state index contributed by atoms with van der Waals surface area (Å²) < 4.78 is 5.56. The molecule has 1 aliphatic rings. The molecule has 0 saturated carbocycles. The highest BCUT2D eigenvalue weighted by Gasteiger charge is 2.27. The molecule has 0 spiro atoms. The highest BCUT2D eigenvalue weighted by Crippen LogP contribution is 2.37. The molecule has 1 aromatic rings. The van der Waals surface area contributed by atoms with Gasteiger partial charge in [0.1, 0.15) is 5.75 Å². The molecule has 2 atom stereocenters. The van der Waals surface area contributed by atoms with Crippen molar-refractivity contribution < 1.29 is 4.74 Å². The molecule has 19 heavy (non-hydrogen) atoms. The van der Waals surface area contributed by atoms with Gasteiger partial charge in [-0.15, -0.1) is 0 Å². The van der Waals surface area contributed by atoms with Crippen molar-refractivity contribution in [1.82, 2.24) is 5.32 Å². The second kappa shape index (κ2) is 7.46. The maximum absolute atomic E-state index is 5.56. The third kappa shape index (κ3) is 3.83. The van der Waals surface area contributed by atoms with Crippen LogP contribution < -0.4 is 10.1 Å². The Morgan fingerprint density at radius 3 is 2.89 bits per heavy atom. The van der Waals surface area contributed by atoms with Crippen LogP contribution >= 0.6 is 23.5 Å². The average Bonchev–Trinajstić information content (AvgIpc) is 2.45. The fraction of sp³-hybridized carbons (Fsp3) is 0.600. The largest absolute Gasteiger partial charge is 0.496 e. The molecule has 1 fully saturated rings. The third-order valence-corrected chi connectivity index (χ3v) is 6.22. The first-order valence-corrected chi connectivity index (χ1v) is 9.04. The lowest BCUT2D eigenvalue weighted by Crippen LogP contribution is -2.34. The molecule has 2 nitrogen and oxygen atoms in total. The zero-order valence-corrected chi connectivity index (χ0v) is 13.6. The van der Waals surface area contributed by atoms with Crippen LogP contribution in [0.5, 0.6) is 5.75 Å². The van der Waals surface area contributed by atoms with Gasteiger partial charge in [0.25, 0.3) is 0 Å². The van der Waals surface area contributed by atoms with E-state index in [1.54, 1.807) is 7.11 Å². The molecular weight excluding hydrogens is 274 g/mol. The minimum absolute atomic E-state index is 0.387. The van der Waals surface area contributed by atoms with Crippen LogP contribution in [0.2, 0.25) is 0 Å². The molecule has 0 amide bonds. The van der Waals surface area contributed by atoms with E-state index in [0.717, 1.165) is 12.3 Å². The minimum Gasteiger partial charge on any atom is -0.496 e. The molecule has 0 aromatic heterocycles. The van der Waals surface area contributed by atoms with Crippen molar-refractivity contribution in [3.8, 4) is 5.75 Å². The molecule has 2 rings (SSSR count). The van der Waals surface area contributed by atoms with E-state index in [1.165, 1.54) is 28.4 Å². The Labute approximate surface area is 125 Å². The van der Waals surface area contributed by atoms with Crippen LogP contribution in [-0.4, -0.2) is 36.2 Å². The number of ether oxygens (including phenoxy) is 1. The summed E-state index contributed by atoms with van der Waals surface area (Å²) >= 11 is 4.16. The third-order valence-electron chi connectivity index (χ3n) is 3.36. The molecule has 1 N–H and O–H groups in total. The minimum atomic E-state index is 0.387. The Bertz CT molecular complexity index is 405. The molecule has 4 heteroatoms. The smallest absolute Gasteiger partial charge is 0.123 e. The summed E-state index contributed by atoms with van der Waals surface area (Å²) in [6.07, 6.45) is 0. The molecule has 1 aliphatic heterocycles. The molecule has 2 unspecified atom stereocenters. The molecule has 0 bridgehead atoms. The van der Waals surface area contributed by atoms with E-state index in [0.29, 0.717) is 11.3 Å². The first-order valence-electron chi connectivity index (χ1n) is 6.83. The van der Waals surface area contributed by atoms with E-state index in [9.17, 15) is 0 Å². The van der Waals surface area contributed by atoms with Crippen LogP contribution in [0.15, 0.2) is 18.2 Å². The first kappa shape index (κ1) is 15.1. The Hall–Kier alpha value is -0.320. The lowest BCUT2D eigenvalue weighted by atomic mass is 10.0. The van der Waals surface area contributed by atoms with E-state index in [-0.39, 0.29) is 0 Å². The second-order valence-electron chi connectivity index (χ2n) is 4.76. The van der Waals surface area contributed by atoms with E-state index in [4.69, 9.17) is 4.74 Å². The van der Waals surface area contributed by atoms with Crippen LogP contribution in [0.1, 0.15) is 24.1 Å². The summed E-state index contributed by atoms with van der Waals surface area (Å²) in [5.74, 6) is 4.77. The monoisotopic (exact) mass is 297 g/mol. The molecule has 1 heterocycles. The quantitative estimate of drug-likeness (QED) is 0.897. The van der Waals surface area contributed by atoms with Crippen LogP contribution in [0, 0.1) is 6.92 Å².